The number of hydrogen-bond donors (Lipinski definition) is 0. The van der Waals surface area contributed by atoms with E-state index in [1.807, 2.05) is 12.1 Å². The van der Waals surface area contributed by atoms with E-state index in [1.165, 1.54) is 0 Å². The van der Waals surface area contributed by atoms with Gasteiger partial charge in [0.05, 0.1) is 10.0 Å². The van der Waals surface area contributed by atoms with E-state index >= 15 is 0 Å². The lowest BCUT2D eigenvalue weighted by Gasteiger charge is -2.17. The van der Waals surface area contributed by atoms with Crippen LogP contribution in [0, 0.1) is 0 Å². The van der Waals surface area contributed by atoms with Gasteiger partial charge in [-0.2, -0.15) is 0 Å². The minimum absolute atomic E-state index is 0.0768. The largest absolute Gasteiger partial charge is 0.341 e. The number of carbonyl (C=O) groups is 1. The van der Waals surface area contributed by atoms with Gasteiger partial charge >= 0.3 is 0 Å². The quantitative estimate of drug-likeness (QED) is 0.773. The Hall–Kier alpha value is -0.250. The molecule has 0 heterocycles. The van der Waals surface area contributed by atoms with Crippen molar-refractivity contribution >= 4 is 45.0 Å². The maximum atomic E-state index is 11.6. The molecule has 0 aliphatic heterocycles. The average Bonchev–Trinajstić information content (AvgIpc) is 2.25. The number of benzene rings is 1. The fourth-order valence-electron chi connectivity index (χ4n) is 1.29. The molecule has 0 atom stereocenters. The molecule has 1 amide bonds. The van der Waals surface area contributed by atoms with E-state index in [0.29, 0.717) is 28.3 Å². The predicted molar refractivity (Wildman–Crippen MR) is 71.3 cm³/mol. The summed E-state index contributed by atoms with van der Waals surface area (Å²) in [6.45, 7) is 0.477. The first-order valence-corrected chi connectivity index (χ1v) is 6.66. The Kier molecular flexibility index (Phi) is 5.59. The van der Waals surface area contributed by atoms with E-state index in [0.717, 1.165) is 5.56 Å². The van der Waals surface area contributed by atoms with Crippen LogP contribution in [-0.4, -0.2) is 23.2 Å². The lowest BCUT2D eigenvalue weighted by atomic mass is 10.2. The van der Waals surface area contributed by atoms with Crippen LogP contribution >= 0.6 is 39.1 Å². The molecule has 88 valence electrons. The van der Waals surface area contributed by atoms with Gasteiger partial charge in [0.25, 0.3) is 0 Å². The van der Waals surface area contributed by atoms with Gasteiger partial charge in [-0.05, 0) is 11.6 Å². The summed E-state index contributed by atoms with van der Waals surface area (Å²) in [6, 6.07) is 5.42. The monoisotopic (exact) mass is 323 g/mol. The first kappa shape index (κ1) is 13.8. The van der Waals surface area contributed by atoms with Gasteiger partial charge in [-0.1, -0.05) is 51.3 Å². The Bertz CT molecular complexity index is 384. The van der Waals surface area contributed by atoms with Gasteiger partial charge in [-0.3, -0.25) is 4.79 Å². The molecule has 0 fully saturated rings. The summed E-state index contributed by atoms with van der Waals surface area (Å²) in [5.74, 6) is 0.0768. The first-order valence-electron chi connectivity index (χ1n) is 4.79. The summed E-state index contributed by atoms with van der Waals surface area (Å²) < 4.78 is 0. The van der Waals surface area contributed by atoms with E-state index in [1.54, 1.807) is 18.0 Å². The van der Waals surface area contributed by atoms with Crippen molar-refractivity contribution in [2.75, 3.05) is 12.4 Å². The highest BCUT2D eigenvalue weighted by Crippen LogP contribution is 2.26. The minimum atomic E-state index is 0.0768. The van der Waals surface area contributed by atoms with E-state index in [9.17, 15) is 4.79 Å². The van der Waals surface area contributed by atoms with Crippen molar-refractivity contribution in [1.82, 2.24) is 4.90 Å². The Labute approximate surface area is 114 Å². The maximum Gasteiger partial charge on any atom is 0.223 e. The van der Waals surface area contributed by atoms with Crippen LogP contribution in [0.15, 0.2) is 18.2 Å². The zero-order chi connectivity index (χ0) is 12.1. The molecule has 5 heteroatoms. The topological polar surface area (TPSA) is 20.3 Å². The molecule has 0 aliphatic rings. The zero-order valence-corrected chi connectivity index (χ0v) is 11.9. The molecule has 1 aromatic carbocycles. The van der Waals surface area contributed by atoms with Crippen molar-refractivity contribution in [3.8, 4) is 0 Å². The molecular weight excluding hydrogens is 313 g/mol. The van der Waals surface area contributed by atoms with Gasteiger partial charge in [0.2, 0.25) is 5.91 Å². The molecular formula is C11H12BrCl2NO. The fourth-order valence-corrected chi connectivity index (χ4v) is 2.01. The van der Waals surface area contributed by atoms with Crippen molar-refractivity contribution in [3.05, 3.63) is 33.8 Å². The number of nitrogens with zero attached hydrogens (tertiary/aromatic N) is 1. The third-order valence-electron chi connectivity index (χ3n) is 2.17. The van der Waals surface area contributed by atoms with Crippen molar-refractivity contribution < 1.29 is 4.79 Å². The van der Waals surface area contributed by atoms with Crippen LogP contribution in [0.1, 0.15) is 12.0 Å². The molecule has 1 rings (SSSR count). The summed E-state index contributed by atoms with van der Waals surface area (Å²) in [4.78, 5) is 13.2. The third-order valence-corrected chi connectivity index (χ3v) is 3.43. The molecule has 0 saturated heterocycles. The van der Waals surface area contributed by atoms with Gasteiger partial charge in [0, 0.05) is 25.3 Å². The molecule has 16 heavy (non-hydrogen) atoms. The lowest BCUT2D eigenvalue weighted by Crippen LogP contribution is -2.26. The number of alkyl halides is 1. The van der Waals surface area contributed by atoms with E-state index in [-0.39, 0.29) is 5.91 Å². The van der Waals surface area contributed by atoms with Crippen molar-refractivity contribution in [1.29, 1.82) is 0 Å². The molecule has 0 aliphatic carbocycles. The Morgan fingerprint density at radius 3 is 2.75 bits per heavy atom. The Balaban J connectivity index is 2.73. The third kappa shape index (κ3) is 3.65. The molecule has 0 N–H and O–H groups in total. The Morgan fingerprint density at radius 1 is 1.44 bits per heavy atom. The second-order valence-electron chi connectivity index (χ2n) is 3.40. The van der Waals surface area contributed by atoms with E-state index < -0.39 is 0 Å². The molecule has 1 aromatic rings. The second-order valence-corrected chi connectivity index (χ2v) is 4.98. The minimum Gasteiger partial charge on any atom is -0.341 e. The van der Waals surface area contributed by atoms with Gasteiger partial charge < -0.3 is 4.90 Å². The average molecular weight is 325 g/mol. The van der Waals surface area contributed by atoms with Crippen LogP contribution in [0.3, 0.4) is 0 Å². The normalized spacial score (nSPS) is 10.2. The Morgan fingerprint density at radius 2 is 2.12 bits per heavy atom. The summed E-state index contributed by atoms with van der Waals surface area (Å²) in [5, 5.41) is 1.70. The summed E-state index contributed by atoms with van der Waals surface area (Å²) in [5.41, 5.74) is 0.861. The smallest absolute Gasteiger partial charge is 0.223 e. The molecule has 0 saturated carbocycles. The number of hydrogen-bond acceptors (Lipinski definition) is 1. The van der Waals surface area contributed by atoms with Crippen LogP contribution in [0.5, 0.6) is 0 Å². The molecule has 0 unspecified atom stereocenters. The highest BCUT2D eigenvalue weighted by atomic mass is 79.9. The number of carbonyl (C=O) groups excluding carboxylic acids is 1. The SMILES string of the molecule is CN(Cc1cccc(Cl)c1Cl)C(=O)CCBr. The number of amides is 1. The summed E-state index contributed by atoms with van der Waals surface area (Å²) in [6.07, 6.45) is 0.481. The van der Waals surface area contributed by atoms with Crippen molar-refractivity contribution in [2.45, 2.75) is 13.0 Å². The molecule has 2 nitrogen and oxygen atoms in total. The number of rotatable bonds is 4. The molecule has 0 radical (unpaired) electrons. The summed E-state index contributed by atoms with van der Waals surface area (Å²) >= 11 is 15.2. The second kappa shape index (κ2) is 6.48. The van der Waals surface area contributed by atoms with Crippen LogP contribution in [0.2, 0.25) is 10.0 Å². The maximum absolute atomic E-state index is 11.6. The van der Waals surface area contributed by atoms with Gasteiger partial charge in [-0.25, -0.2) is 0 Å². The lowest BCUT2D eigenvalue weighted by molar-refractivity contribution is -0.129. The highest BCUT2D eigenvalue weighted by Gasteiger charge is 2.11. The number of halogens is 3. The highest BCUT2D eigenvalue weighted by molar-refractivity contribution is 9.09. The van der Waals surface area contributed by atoms with Crippen LogP contribution in [0.25, 0.3) is 0 Å². The van der Waals surface area contributed by atoms with Crippen molar-refractivity contribution in [2.24, 2.45) is 0 Å². The summed E-state index contributed by atoms with van der Waals surface area (Å²) in [7, 11) is 1.75. The molecule has 0 aromatic heterocycles. The van der Waals surface area contributed by atoms with E-state index in [4.69, 9.17) is 23.2 Å². The standard InChI is InChI=1S/C11H12BrCl2NO/c1-15(10(16)5-6-12)7-8-3-2-4-9(13)11(8)14/h2-4H,5-7H2,1H3. The van der Waals surface area contributed by atoms with Crippen LogP contribution < -0.4 is 0 Å². The molecule has 0 spiro atoms. The van der Waals surface area contributed by atoms with Gasteiger partial charge in [0.1, 0.15) is 0 Å². The van der Waals surface area contributed by atoms with Crippen molar-refractivity contribution in [3.63, 3.8) is 0 Å². The van der Waals surface area contributed by atoms with E-state index in [2.05, 4.69) is 15.9 Å². The first-order chi connectivity index (χ1) is 7.56. The predicted octanol–water partition coefficient (Wildman–Crippen LogP) is 3.74. The van der Waals surface area contributed by atoms with Crippen LogP contribution in [0.4, 0.5) is 0 Å². The molecule has 0 bridgehead atoms. The zero-order valence-electron chi connectivity index (χ0n) is 8.84. The van der Waals surface area contributed by atoms with Gasteiger partial charge in [0.15, 0.2) is 0 Å². The van der Waals surface area contributed by atoms with Crippen LogP contribution in [-0.2, 0) is 11.3 Å². The fraction of sp³-hybridized carbons (Fsp3) is 0.364. The van der Waals surface area contributed by atoms with Gasteiger partial charge in [-0.15, -0.1) is 0 Å².